The Bertz CT molecular complexity index is 1930. The summed E-state index contributed by atoms with van der Waals surface area (Å²) in [7, 11) is 4.25. The number of anilines is 1. The van der Waals surface area contributed by atoms with Gasteiger partial charge in [0, 0.05) is 16.8 Å². The molecule has 0 saturated heterocycles. The lowest BCUT2D eigenvalue weighted by molar-refractivity contribution is -0.159. The summed E-state index contributed by atoms with van der Waals surface area (Å²) in [4.78, 5) is 77.3. The van der Waals surface area contributed by atoms with Crippen molar-refractivity contribution in [2.24, 2.45) is 0 Å². The molecule has 3 amide bonds. The van der Waals surface area contributed by atoms with Gasteiger partial charge in [0.1, 0.15) is 0 Å². The summed E-state index contributed by atoms with van der Waals surface area (Å²) in [5.74, 6) is -5.83. The Morgan fingerprint density at radius 3 is 1.46 bits per heavy atom. The summed E-state index contributed by atoms with van der Waals surface area (Å²) in [5, 5.41) is 12.6. The van der Waals surface area contributed by atoms with Gasteiger partial charge in [-0.25, -0.2) is 14.4 Å². The molecule has 0 unspecified atom stereocenters. The number of rotatable bonds is 13. The number of carboxylic acid groups (broad SMARTS) is 1. The number of benzene rings is 4. The molecule has 0 fully saturated rings. The van der Waals surface area contributed by atoms with E-state index in [1.807, 2.05) is 5.43 Å². The molecule has 15 heteroatoms. The topological polar surface area (TPSA) is 205 Å². The van der Waals surface area contributed by atoms with Crippen molar-refractivity contribution in [1.29, 1.82) is 0 Å². The van der Waals surface area contributed by atoms with Crippen molar-refractivity contribution in [2.75, 3.05) is 26.6 Å². The highest BCUT2D eigenvalue weighted by Gasteiger charge is 2.41. The third-order valence-corrected chi connectivity index (χ3v) is 7.45. The molecule has 0 aliphatic carbocycles. The van der Waals surface area contributed by atoms with Gasteiger partial charge in [-0.3, -0.25) is 25.2 Å². The number of methoxy groups -OCH3 is 3. The Morgan fingerprint density at radius 2 is 1.02 bits per heavy atom. The van der Waals surface area contributed by atoms with Crippen LogP contribution in [0.5, 0.6) is 17.2 Å². The summed E-state index contributed by atoms with van der Waals surface area (Å²) in [6.45, 7) is 3.56. The molecule has 4 aromatic rings. The van der Waals surface area contributed by atoms with E-state index >= 15 is 0 Å². The van der Waals surface area contributed by atoms with Crippen LogP contribution in [0.3, 0.4) is 0 Å². The SMILES string of the molecule is COc1cc(C(=O)Nc2ccc(C(=O)NNC(=O)[C@H](OC(=O)c3ccc(C)cc3)[C@H](OC(=O)c3ccc(C)cc3)C(=O)O)cc2)cc(OC)c1OC. The molecule has 0 aromatic heterocycles. The van der Waals surface area contributed by atoms with Crippen molar-refractivity contribution in [3.05, 3.63) is 118 Å². The smallest absolute Gasteiger partial charge is 0.349 e. The second-order valence-corrected chi connectivity index (χ2v) is 11.1. The van der Waals surface area contributed by atoms with E-state index in [1.165, 1.54) is 82.0 Å². The molecule has 4 aromatic carbocycles. The molecule has 15 nitrogen and oxygen atoms in total. The van der Waals surface area contributed by atoms with Gasteiger partial charge in [-0.1, -0.05) is 35.4 Å². The van der Waals surface area contributed by atoms with Gasteiger partial charge in [-0.2, -0.15) is 0 Å². The number of amides is 3. The van der Waals surface area contributed by atoms with Gasteiger partial charge in [0.15, 0.2) is 11.5 Å². The lowest BCUT2D eigenvalue weighted by atomic mass is 10.1. The van der Waals surface area contributed by atoms with Crippen LogP contribution in [-0.2, 0) is 19.1 Å². The Balaban J connectivity index is 1.47. The van der Waals surface area contributed by atoms with Crippen LogP contribution in [0, 0.1) is 13.8 Å². The van der Waals surface area contributed by atoms with E-state index in [2.05, 4.69) is 10.7 Å². The molecule has 0 spiro atoms. The second-order valence-electron chi connectivity index (χ2n) is 11.1. The third-order valence-electron chi connectivity index (χ3n) is 7.45. The highest BCUT2D eigenvalue weighted by Crippen LogP contribution is 2.38. The predicted molar refractivity (Wildman–Crippen MR) is 185 cm³/mol. The molecule has 0 heterocycles. The minimum atomic E-state index is -2.31. The number of hydrogen-bond acceptors (Lipinski definition) is 11. The molecule has 0 radical (unpaired) electrons. The number of aryl methyl sites for hydroxylation is 2. The Kier molecular flexibility index (Phi) is 12.5. The fourth-order valence-corrected chi connectivity index (χ4v) is 4.62. The summed E-state index contributed by atoms with van der Waals surface area (Å²) in [6.07, 6.45) is -4.55. The van der Waals surface area contributed by atoms with Gasteiger partial charge in [0.25, 0.3) is 17.7 Å². The standard InChI is InChI=1S/C37H35N3O12/c1-20-6-10-23(11-7-20)36(46)51-30(31(35(44)45)52-37(47)24-12-8-21(2)9-13-24)34(43)40-39-33(42)22-14-16-26(17-15-22)38-32(41)25-18-27(48-3)29(50-5)28(19-25)49-4/h6-19,30-31H,1-5H3,(H,38,41)(H,39,42)(H,40,43)(H,44,45)/t30-,31+/m1/s1. The molecule has 270 valence electrons. The molecule has 0 saturated carbocycles. The minimum Gasteiger partial charge on any atom is -0.493 e. The normalized spacial score (nSPS) is 11.6. The zero-order valence-electron chi connectivity index (χ0n) is 28.7. The highest BCUT2D eigenvalue weighted by atomic mass is 16.6. The lowest BCUT2D eigenvalue weighted by Crippen LogP contribution is -2.54. The average molecular weight is 714 g/mol. The fraction of sp³-hybridized carbons (Fsp3) is 0.189. The lowest BCUT2D eigenvalue weighted by Gasteiger charge is -2.23. The van der Waals surface area contributed by atoms with Crippen LogP contribution in [0.4, 0.5) is 5.69 Å². The Morgan fingerprint density at radius 1 is 0.558 bits per heavy atom. The molecular formula is C37H35N3O12. The average Bonchev–Trinajstić information content (AvgIpc) is 3.14. The quantitative estimate of drug-likeness (QED) is 0.115. The van der Waals surface area contributed by atoms with Crippen LogP contribution in [-0.4, -0.2) is 74.3 Å². The van der Waals surface area contributed by atoms with Crippen molar-refractivity contribution in [2.45, 2.75) is 26.1 Å². The number of hydrogen-bond donors (Lipinski definition) is 4. The Labute approximate surface area is 297 Å². The van der Waals surface area contributed by atoms with Crippen LogP contribution < -0.4 is 30.4 Å². The number of hydrazine groups is 1. The summed E-state index contributed by atoms with van der Waals surface area (Å²) in [6, 6.07) is 20.4. The minimum absolute atomic E-state index is 0.0138. The van der Waals surface area contributed by atoms with E-state index in [0.717, 1.165) is 11.1 Å². The van der Waals surface area contributed by atoms with Gasteiger partial charge in [-0.05, 0) is 74.5 Å². The maximum Gasteiger partial charge on any atom is 0.349 e. The molecule has 0 bridgehead atoms. The van der Waals surface area contributed by atoms with Crippen LogP contribution in [0.15, 0.2) is 84.9 Å². The zero-order chi connectivity index (χ0) is 37.9. The Hall–Kier alpha value is -6.90. The summed E-state index contributed by atoms with van der Waals surface area (Å²) < 4.78 is 26.3. The first-order valence-electron chi connectivity index (χ1n) is 15.4. The molecule has 4 rings (SSSR count). The number of aliphatic carboxylic acids is 1. The van der Waals surface area contributed by atoms with Crippen molar-refractivity contribution in [3.8, 4) is 17.2 Å². The second kappa shape index (κ2) is 17.2. The number of ether oxygens (including phenoxy) is 5. The molecule has 0 aliphatic heterocycles. The van der Waals surface area contributed by atoms with Gasteiger partial charge >= 0.3 is 17.9 Å². The maximum absolute atomic E-state index is 13.3. The molecular weight excluding hydrogens is 678 g/mol. The zero-order valence-corrected chi connectivity index (χ0v) is 28.7. The number of carbonyl (C=O) groups is 6. The number of esters is 2. The molecule has 4 N–H and O–H groups in total. The van der Waals surface area contributed by atoms with Crippen molar-refractivity contribution in [1.82, 2.24) is 10.9 Å². The fourth-order valence-electron chi connectivity index (χ4n) is 4.62. The predicted octanol–water partition coefficient (Wildman–Crippen LogP) is 3.88. The van der Waals surface area contributed by atoms with Crippen LogP contribution in [0.2, 0.25) is 0 Å². The summed E-state index contributed by atoms with van der Waals surface area (Å²) in [5.41, 5.74) is 6.27. The highest BCUT2D eigenvalue weighted by molar-refractivity contribution is 6.05. The first kappa shape index (κ1) is 37.9. The molecule has 2 atom stereocenters. The van der Waals surface area contributed by atoms with Crippen LogP contribution in [0.1, 0.15) is 52.6 Å². The van der Waals surface area contributed by atoms with Crippen LogP contribution >= 0.6 is 0 Å². The summed E-state index contributed by atoms with van der Waals surface area (Å²) >= 11 is 0. The first-order chi connectivity index (χ1) is 24.8. The number of nitrogens with one attached hydrogen (secondary N) is 3. The van der Waals surface area contributed by atoms with Gasteiger partial charge in [-0.15, -0.1) is 0 Å². The van der Waals surface area contributed by atoms with Gasteiger partial charge in [0.2, 0.25) is 18.0 Å². The number of carbonyl (C=O) groups excluding carboxylic acids is 5. The monoisotopic (exact) mass is 713 g/mol. The van der Waals surface area contributed by atoms with Crippen LogP contribution in [0.25, 0.3) is 0 Å². The third kappa shape index (κ3) is 9.41. The van der Waals surface area contributed by atoms with Gasteiger partial charge in [0.05, 0.1) is 32.5 Å². The van der Waals surface area contributed by atoms with E-state index in [0.29, 0.717) is 11.4 Å². The van der Waals surface area contributed by atoms with E-state index in [-0.39, 0.29) is 33.8 Å². The van der Waals surface area contributed by atoms with Crippen molar-refractivity contribution < 1.29 is 57.6 Å². The van der Waals surface area contributed by atoms with Crippen molar-refractivity contribution >= 4 is 41.3 Å². The van der Waals surface area contributed by atoms with E-state index in [4.69, 9.17) is 23.7 Å². The van der Waals surface area contributed by atoms with E-state index in [9.17, 15) is 33.9 Å². The maximum atomic E-state index is 13.3. The van der Waals surface area contributed by atoms with E-state index in [1.54, 1.807) is 38.1 Å². The van der Waals surface area contributed by atoms with E-state index < -0.39 is 47.8 Å². The molecule has 0 aliphatic rings. The molecule has 52 heavy (non-hydrogen) atoms. The largest absolute Gasteiger partial charge is 0.493 e. The van der Waals surface area contributed by atoms with Gasteiger partial charge < -0.3 is 34.1 Å². The van der Waals surface area contributed by atoms with Crippen molar-refractivity contribution in [3.63, 3.8) is 0 Å². The first-order valence-corrected chi connectivity index (χ1v) is 15.4. The number of carboxylic acids is 1.